The molecule has 1 aromatic heterocycles. The zero-order valence-corrected chi connectivity index (χ0v) is 15.6. The molecule has 6 nitrogen and oxygen atoms in total. The van der Waals surface area contributed by atoms with Crippen molar-refractivity contribution in [3.63, 3.8) is 0 Å². The second-order valence-electron chi connectivity index (χ2n) is 6.79. The molecule has 1 aromatic carbocycles. The lowest BCUT2D eigenvalue weighted by Gasteiger charge is -2.36. The number of nitrogens with two attached hydrogens (primary N) is 1. The van der Waals surface area contributed by atoms with E-state index < -0.39 is 0 Å². The van der Waals surface area contributed by atoms with Crippen molar-refractivity contribution in [1.82, 2.24) is 15.2 Å². The molecule has 1 aliphatic heterocycles. The third-order valence-electron chi connectivity index (χ3n) is 4.63. The fourth-order valence-electron chi connectivity index (χ4n) is 3.26. The van der Waals surface area contributed by atoms with Crippen molar-refractivity contribution >= 4 is 32.6 Å². The summed E-state index contributed by atoms with van der Waals surface area (Å²) in [5.74, 6) is 0.533. The Morgan fingerprint density at radius 2 is 2.16 bits per heavy atom. The highest BCUT2D eigenvalue weighted by atomic mass is 32.1. The summed E-state index contributed by atoms with van der Waals surface area (Å²) in [6, 6.07) is 6.22. The van der Waals surface area contributed by atoms with Gasteiger partial charge in [0.2, 0.25) is 5.91 Å². The van der Waals surface area contributed by atoms with E-state index in [1.165, 1.54) is 11.3 Å². The summed E-state index contributed by atoms with van der Waals surface area (Å²) in [5.41, 5.74) is 7.61. The van der Waals surface area contributed by atoms with Crippen molar-refractivity contribution in [2.45, 2.75) is 26.3 Å². The predicted octanol–water partition coefficient (Wildman–Crippen LogP) is 1.89. The van der Waals surface area contributed by atoms with Gasteiger partial charge in [-0.1, -0.05) is 31.3 Å². The van der Waals surface area contributed by atoms with Crippen molar-refractivity contribution in [1.29, 1.82) is 0 Å². The number of benzene rings is 1. The number of thiazole rings is 1. The fourth-order valence-corrected chi connectivity index (χ4v) is 4.06. The highest BCUT2D eigenvalue weighted by Gasteiger charge is 2.24. The fraction of sp³-hybridized carbons (Fsp3) is 0.556. The smallest absolute Gasteiger partial charge is 0.224 e. The first-order valence-corrected chi connectivity index (χ1v) is 9.58. The van der Waals surface area contributed by atoms with E-state index in [4.69, 9.17) is 10.5 Å². The minimum Gasteiger partial charge on any atom is -0.379 e. The van der Waals surface area contributed by atoms with Crippen LogP contribution >= 0.6 is 11.3 Å². The van der Waals surface area contributed by atoms with Crippen LogP contribution in [0.4, 0.5) is 5.13 Å². The molecule has 136 valence electrons. The summed E-state index contributed by atoms with van der Waals surface area (Å²) in [6.07, 6.45) is 0.377. The van der Waals surface area contributed by atoms with Crippen LogP contribution < -0.4 is 11.1 Å². The minimum absolute atomic E-state index is 0.0516. The zero-order valence-electron chi connectivity index (χ0n) is 14.8. The number of carbonyl (C=O) groups excluding carboxylic acids is 1. The van der Waals surface area contributed by atoms with E-state index in [0.29, 0.717) is 30.1 Å². The van der Waals surface area contributed by atoms with Crippen LogP contribution in [-0.2, 0) is 16.0 Å². The Balaban J connectivity index is 1.56. The van der Waals surface area contributed by atoms with Crippen LogP contribution in [0.1, 0.15) is 19.4 Å². The SMILES string of the molecule is CC(C)[C@H](CNC(=O)Cc1ccc2nc(N)sc2c1)N1CCOCC1. The Hall–Kier alpha value is -1.70. The highest BCUT2D eigenvalue weighted by molar-refractivity contribution is 7.22. The number of amides is 1. The quantitative estimate of drug-likeness (QED) is 0.820. The Kier molecular flexibility index (Phi) is 5.88. The molecule has 2 aromatic rings. The number of rotatable bonds is 6. The zero-order chi connectivity index (χ0) is 17.8. The molecule has 2 heterocycles. The molecule has 1 saturated heterocycles. The Labute approximate surface area is 152 Å². The molecule has 0 unspecified atom stereocenters. The Bertz CT molecular complexity index is 725. The maximum absolute atomic E-state index is 12.4. The van der Waals surface area contributed by atoms with Crippen LogP contribution in [0.25, 0.3) is 10.2 Å². The van der Waals surface area contributed by atoms with Gasteiger partial charge in [0.15, 0.2) is 5.13 Å². The molecule has 1 amide bonds. The van der Waals surface area contributed by atoms with E-state index in [1.54, 1.807) is 0 Å². The van der Waals surface area contributed by atoms with Gasteiger partial charge in [0.1, 0.15) is 0 Å². The summed E-state index contributed by atoms with van der Waals surface area (Å²) in [7, 11) is 0. The number of fused-ring (bicyclic) bond motifs is 1. The van der Waals surface area contributed by atoms with E-state index >= 15 is 0 Å². The van der Waals surface area contributed by atoms with E-state index in [1.807, 2.05) is 18.2 Å². The minimum atomic E-state index is 0.0516. The van der Waals surface area contributed by atoms with Crippen LogP contribution in [0.3, 0.4) is 0 Å². The van der Waals surface area contributed by atoms with Gasteiger partial charge in [-0.2, -0.15) is 0 Å². The highest BCUT2D eigenvalue weighted by Crippen LogP contribution is 2.24. The number of hydrogen-bond donors (Lipinski definition) is 2. The molecule has 1 fully saturated rings. The lowest BCUT2D eigenvalue weighted by atomic mass is 10.0. The molecule has 0 radical (unpaired) electrons. The summed E-state index contributed by atoms with van der Waals surface area (Å²) in [4.78, 5) is 19.0. The molecule has 0 bridgehead atoms. The molecule has 1 atom stereocenters. The second kappa shape index (κ2) is 8.12. The number of morpholine rings is 1. The van der Waals surface area contributed by atoms with Crippen molar-refractivity contribution in [3.8, 4) is 0 Å². The number of nitrogens with one attached hydrogen (secondary N) is 1. The normalized spacial score (nSPS) is 17.1. The first kappa shape index (κ1) is 18.1. The monoisotopic (exact) mass is 362 g/mol. The molecule has 1 aliphatic rings. The number of ether oxygens (including phenoxy) is 1. The summed E-state index contributed by atoms with van der Waals surface area (Å²) in [5, 5.41) is 3.66. The van der Waals surface area contributed by atoms with Crippen LogP contribution in [-0.4, -0.2) is 54.7 Å². The number of aromatic nitrogens is 1. The van der Waals surface area contributed by atoms with Gasteiger partial charge in [-0.05, 0) is 23.6 Å². The molecular weight excluding hydrogens is 336 g/mol. The van der Waals surface area contributed by atoms with Crippen LogP contribution in [0, 0.1) is 5.92 Å². The van der Waals surface area contributed by atoms with Gasteiger partial charge in [-0.3, -0.25) is 9.69 Å². The van der Waals surface area contributed by atoms with Crippen molar-refractivity contribution in [2.75, 3.05) is 38.6 Å². The molecular formula is C18H26N4O2S. The largest absolute Gasteiger partial charge is 0.379 e. The molecule has 0 spiro atoms. The van der Waals surface area contributed by atoms with Crippen molar-refractivity contribution < 1.29 is 9.53 Å². The van der Waals surface area contributed by atoms with Gasteiger partial charge in [0, 0.05) is 25.7 Å². The topological polar surface area (TPSA) is 80.5 Å². The van der Waals surface area contributed by atoms with Crippen molar-refractivity contribution in [2.24, 2.45) is 5.92 Å². The summed E-state index contributed by atoms with van der Waals surface area (Å²) < 4.78 is 6.45. The Morgan fingerprint density at radius 1 is 1.40 bits per heavy atom. The van der Waals surface area contributed by atoms with E-state index in [0.717, 1.165) is 42.1 Å². The lowest BCUT2D eigenvalue weighted by Crippen LogP contribution is -2.51. The lowest BCUT2D eigenvalue weighted by molar-refractivity contribution is -0.120. The van der Waals surface area contributed by atoms with Crippen molar-refractivity contribution in [3.05, 3.63) is 23.8 Å². The predicted molar refractivity (Wildman–Crippen MR) is 102 cm³/mol. The second-order valence-corrected chi connectivity index (χ2v) is 7.86. The number of carbonyl (C=O) groups is 1. The van der Waals surface area contributed by atoms with E-state index in [9.17, 15) is 4.79 Å². The number of hydrogen-bond acceptors (Lipinski definition) is 6. The molecule has 3 N–H and O–H groups in total. The van der Waals surface area contributed by atoms with Crippen LogP contribution in [0.2, 0.25) is 0 Å². The van der Waals surface area contributed by atoms with Gasteiger partial charge < -0.3 is 15.8 Å². The number of nitrogens with zero attached hydrogens (tertiary/aromatic N) is 2. The van der Waals surface area contributed by atoms with Gasteiger partial charge in [0.05, 0.1) is 29.9 Å². The standard InChI is InChI=1S/C18H26N4O2S/c1-12(2)15(22-5-7-24-8-6-22)11-20-17(23)10-13-3-4-14-16(9-13)25-18(19)21-14/h3-4,9,12,15H,5-8,10-11H2,1-2H3,(H2,19,21)(H,20,23)/t15-/m0/s1. The first-order chi connectivity index (χ1) is 12.0. The third-order valence-corrected chi connectivity index (χ3v) is 5.47. The van der Waals surface area contributed by atoms with Gasteiger partial charge in [-0.15, -0.1) is 0 Å². The number of nitrogen functional groups attached to an aromatic ring is 1. The van der Waals surface area contributed by atoms with Gasteiger partial charge in [-0.25, -0.2) is 4.98 Å². The maximum atomic E-state index is 12.4. The third kappa shape index (κ3) is 4.68. The number of anilines is 1. The van der Waals surface area contributed by atoms with E-state index in [2.05, 4.69) is 29.0 Å². The maximum Gasteiger partial charge on any atom is 0.224 e. The molecule has 0 aliphatic carbocycles. The molecule has 3 rings (SSSR count). The average Bonchev–Trinajstić information content (AvgIpc) is 2.95. The first-order valence-electron chi connectivity index (χ1n) is 8.76. The molecule has 25 heavy (non-hydrogen) atoms. The van der Waals surface area contributed by atoms with E-state index in [-0.39, 0.29) is 5.91 Å². The van der Waals surface area contributed by atoms with Gasteiger partial charge >= 0.3 is 0 Å². The molecule has 0 saturated carbocycles. The van der Waals surface area contributed by atoms with Crippen LogP contribution in [0.5, 0.6) is 0 Å². The average molecular weight is 362 g/mol. The summed E-state index contributed by atoms with van der Waals surface area (Å²) >= 11 is 1.45. The molecule has 7 heteroatoms. The summed E-state index contributed by atoms with van der Waals surface area (Å²) in [6.45, 7) is 8.49. The van der Waals surface area contributed by atoms with Gasteiger partial charge in [0.25, 0.3) is 0 Å². The van der Waals surface area contributed by atoms with Crippen LogP contribution in [0.15, 0.2) is 18.2 Å². The Morgan fingerprint density at radius 3 is 2.88 bits per heavy atom.